The largest absolute Gasteiger partial charge is 0.478 e. The summed E-state index contributed by atoms with van der Waals surface area (Å²) in [6.07, 6.45) is 2.42. The molecule has 0 atom stereocenters. The molecule has 96 valence electrons. The predicted octanol–water partition coefficient (Wildman–Crippen LogP) is 2.78. The third-order valence-electron chi connectivity index (χ3n) is 3.44. The normalized spacial score (nSPS) is 13.4. The van der Waals surface area contributed by atoms with Crippen LogP contribution in [0.2, 0.25) is 0 Å². The molecule has 4 heteroatoms. The molecule has 0 radical (unpaired) electrons. The van der Waals surface area contributed by atoms with Gasteiger partial charge in [-0.1, -0.05) is 18.2 Å². The molecule has 0 saturated heterocycles. The molecule has 0 fully saturated rings. The number of pyridine rings is 1. The monoisotopic (exact) mass is 254 g/mol. The third kappa shape index (κ3) is 1.95. The number of aryl methyl sites for hydroxylation is 1. The summed E-state index contributed by atoms with van der Waals surface area (Å²) in [6, 6.07) is 9.92. The van der Waals surface area contributed by atoms with Gasteiger partial charge < -0.3 is 10.0 Å². The second-order valence-corrected chi connectivity index (χ2v) is 4.70. The average molecular weight is 254 g/mol. The van der Waals surface area contributed by atoms with Crippen molar-refractivity contribution < 1.29 is 9.90 Å². The van der Waals surface area contributed by atoms with Crippen LogP contribution in [0.4, 0.5) is 11.5 Å². The van der Waals surface area contributed by atoms with Crippen LogP contribution in [-0.4, -0.2) is 22.6 Å². The minimum atomic E-state index is -0.941. The first-order valence-corrected chi connectivity index (χ1v) is 6.22. The number of nitrogens with zero attached hydrogens (tertiary/aromatic N) is 2. The molecule has 0 aliphatic carbocycles. The molecule has 0 bridgehead atoms. The van der Waals surface area contributed by atoms with Gasteiger partial charge in [0.25, 0.3) is 0 Å². The lowest BCUT2D eigenvalue weighted by atomic mass is 10.1. The Bertz CT molecular complexity index is 652. The van der Waals surface area contributed by atoms with E-state index in [0.717, 1.165) is 24.3 Å². The number of carboxylic acid groups (broad SMARTS) is 1. The molecule has 2 heterocycles. The maximum atomic E-state index is 10.9. The molecule has 19 heavy (non-hydrogen) atoms. The summed E-state index contributed by atoms with van der Waals surface area (Å²) in [6.45, 7) is 2.79. The van der Waals surface area contributed by atoms with Gasteiger partial charge in [-0.05, 0) is 36.6 Å². The van der Waals surface area contributed by atoms with Crippen molar-refractivity contribution in [2.45, 2.75) is 13.3 Å². The van der Waals surface area contributed by atoms with E-state index < -0.39 is 5.97 Å². The summed E-state index contributed by atoms with van der Waals surface area (Å²) < 4.78 is 0. The number of hydrogen-bond acceptors (Lipinski definition) is 3. The SMILES string of the molecule is Cc1cc(C(=O)O)cnc1N1CCc2ccccc21. The highest BCUT2D eigenvalue weighted by atomic mass is 16.4. The lowest BCUT2D eigenvalue weighted by Gasteiger charge is -2.20. The zero-order valence-corrected chi connectivity index (χ0v) is 10.6. The Morgan fingerprint density at radius 1 is 1.37 bits per heavy atom. The van der Waals surface area contributed by atoms with Gasteiger partial charge in [-0.2, -0.15) is 0 Å². The Kier molecular flexibility index (Phi) is 2.71. The maximum absolute atomic E-state index is 10.9. The Labute approximate surface area is 111 Å². The van der Waals surface area contributed by atoms with Crippen molar-refractivity contribution in [2.24, 2.45) is 0 Å². The zero-order valence-electron chi connectivity index (χ0n) is 10.6. The zero-order chi connectivity index (χ0) is 13.4. The predicted molar refractivity (Wildman–Crippen MR) is 73.1 cm³/mol. The number of rotatable bonds is 2. The summed E-state index contributed by atoms with van der Waals surface area (Å²) in [5, 5.41) is 8.97. The molecular weight excluding hydrogens is 240 g/mol. The second-order valence-electron chi connectivity index (χ2n) is 4.70. The molecule has 0 unspecified atom stereocenters. The van der Waals surface area contributed by atoms with Crippen LogP contribution in [-0.2, 0) is 6.42 Å². The number of carboxylic acids is 1. The van der Waals surface area contributed by atoms with E-state index in [0.29, 0.717) is 0 Å². The van der Waals surface area contributed by atoms with Gasteiger partial charge in [0.1, 0.15) is 5.82 Å². The lowest BCUT2D eigenvalue weighted by Crippen LogP contribution is -2.16. The minimum Gasteiger partial charge on any atom is -0.478 e. The van der Waals surface area contributed by atoms with Crippen molar-refractivity contribution in [3.05, 3.63) is 53.2 Å². The van der Waals surface area contributed by atoms with Crippen LogP contribution >= 0.6 is 0 Å². The van der Waals surface area contributed by atoms with E-state index in [1.54, 1.807) is 6.07 Å². The Morgan fingerprint density at radius 3 is 2.89 bits per heavy atom. The average Bonchev–Trinajstić information content (AvgIpc) is 2.82. The molecule has 1 aromatic heterocycles. The number of para-hydroxylation sites is 1. The van der Waals surface area contributed by atoms with Crippen LogP contribution in [0.3, 0.4) is 0 Å². The molecule has 1 aromatic carbocycles. The molecule has 0 amide bonds. The van der Waals surface area contributed by atoms with E-state index in [4.69, 9.17) is 5.11 Å². The maximum Gasteiger partial charge on any atom is 0.337 e. The molecule has 0 saturated carbocycles. The Hall–Kier alpha value is -2.36. The van der Waals surface area contributed by atoms with Gasteiger partial charge >= 0.3 is 5.97 Å². The number of aromatic carboxylic acids is 1. The van der Waals surface area contributed by atoms with Crippen LogP contribution in [0.25, 0.3) is 0 Å². The number of anilines is 2. The fraction of sp³-hybridized carbons (Fsp3) is 0.200. The van der Waals surface area contributed by atoms with Gasteiger partial charge in [0.05, 0.1) is 5.56 Å². The molecule has 1 N–H and O–H groups in total. The molecule has 1 aliphatic rings. The van der Waals surface area contributed by atoms with Crippen LogP contribution in [0.1, 0.15) is 21.5 Å². The van der Waals surface area contributed by atoms with Crippen molar-refractivity contribution in [3.63, 3.8) is 0 Å². The van der Waals surface area contributed by atoms with Crippen LogP contribution < -0.4 is 4.90 Å². The highest BCUT2D eigenvalue weighted by Crippen LogP contribution is 2.34. The molecular formula is C15H14N2O2. The topological polar surface area (TPSA) is 53.4 Å². The van der Waals surface area contributed by atoms with Gasteiger partial charge in [-0.25, -0.2) is 9.78 Å². The van der Waals surface area contributed by atoms with E-state index in [-0.39, 0.29) is 5.56 Å². The van der Waals surface area contributed by atoms with E-state index in [2.05, 4.69) is 22.0 Å². The Balaban J connectivity index is 2.03. The fourth-order valence-electron chi connectivity index (χ4n) is 2.53. The Morgan fingerprint density at radius 2 is 2.16 bits per heavy atom. The number of fused-ring (bicyclic) bond motifs is 1. The van der Waals surface area contributed by atoms with E-state index in [1.807, 2.05) is 19.1 Å². The minimum absolute atomic E-state index is 0.230. The van der Waals surface area contributed by atoms with Gasteiger partial charge in [-0.15, -0.1) is 0 Å². The summed E-state index contributed by atoms with van der Waals surface area (Å²) in [5.41, 5.74) is 3.59. The van der Waals surface area contributed by atoms with Crippen molar-refractivity contribution in [3.8, 4) is 0 Å². The molecule has 3 rings (SSSR count). The molecule has 0 spiro atoms. The molecule has 2 aromatic rings. The summed E-state index contributed by atoms with van der Waals surface area (Å²) in [7, 11) is 0. The number of carbonyl (C=O) groups is 1. The number of hydrogen-bond donors (Lipinski definition) is 1. The number of benzene rings is 1. The number of aromatic nitrogens is 1. The first-order valence-electron chi connectivity index (χ1n) is 6.22. The fourth-order valence-corrected chi connectivity index (χ4v) is 2.53. The van der Waals surface area contributed by atoms with E-state index in [9.17, 15) is 4.79 Å². The summed E-state index contributed by atoms with van der Waals surface area (Å²) >= 11 is 0. The highest BCUT2D eigenvalue weighted by Gasteiger charge is 2.22. The van der Waals surface area contributed by atoms with Crippen molar-refractivity contribution in [1.29, 1.82) is 0 Å². The first-order chi connectivity index (χ1) is 9.16. The standard InChI is InChI=1S/C15H14N2O2/c1-10-8-12(15(18)19)9-16-14(10)17-7-6-11-4-2-3-5-13(11)17/h2-5,8-9H,6-7H2,1H3,(H,18,19). The molecule has 1 aliphatic heterocycles. The van der Waals surface area contributed by atoms with Gasteiger partial charge in [0.15, 0.2) is 0 Å². The lowest BCUT2D eigenvalue weighted by molar-refractivity contribution is 0.0696. The summed E-state index contributed by atoms with van der Waals surface area (Å²) in [5.74, 6) is -0.0982. The van der Waals surface area contributed by atoms with Gasteiger partial charge in [0.2, 0.25) is 0 Å². The van der Waals surface area contributed by atoms with Crippen LogP contribution in [0, 0.1) is 6.92 Å². The van der Waals surface area contributed by atoms with Crippen molar-refractivity contribution in [2.75, 3.05) is 11.4 Å². The van der Waals surface area contributed by atoms with Gasteiger partial charge in [0, 0.05) is 18.4 Å². The summed E-state index contributed by atoms with van der Waals surface area (Å²) in [4.78, 5) is 17.4. The third-order valence-corrected chi connectivity index (χ3v) is 3.44. The van der Waals surface area contributed by atoms with Crippen molar-refractivity contribution in [1.82, 2.24) is 4.98 Å². The quantitative estimate of drug-likeness (QED) is 0.895. The van der Waals surface area contributed by atoms with Crippen molar-refractivity contribution >= 4 is 17.5 Å². The smallest absolute Gasteiger partial charge is 0.337 e. The first kappa shape index (κ1) is 11.7. The highest BCUT2D eigenvalue weighted by molar-refractivity contribution is 5.88. The van der Waals surface area contributed by atoms with E-state index >= 15 is 0 Å². The van der Waals surface area contributed by atoms with Crippen LogP contribution in [0.15, 0.2) is 36.5 Å². The van der Waals surface area contributed by atoms with Gasteiger partial charge in [-0.3, -0.25) is 0 Å². The second kappa shape index (κ2) is 4.39. The molecule has 4 nitrogen and oxygen atoms in total. The van der Waals surface area contributed by atoms with E-state index in [1.165, 1.54) is 17.4 Å². The van der Waals surface area contributed by atoms with Crippen LogP contribution in [0.5, 0.6) is 0 Å².